The Hall–Kier alpha value is -3.27. The molecule has 0 aromatic heterocycles. The standard InChI is InChI=1S/C25H29NO3/c1-5-23(26)25(16-22(17(2)3)21-8-6-7-9-24(21)28)29-15-14-19-10-12-20(13-11-19)18(4)27/h5-13,16,28H,14-15,26H2,1-4H3/b23-5+,25-16+. The zero-order chi connectivity index (χ0) is 21.4. The lowest BCUT2D eigenvalue weighted by atomic mass is 9.99. The molecule has 0 aliphatic carbocycles. The molecule has 2 aromatic rings. The summed E-state index contributed by atoms with van der Waals surface area (Å²) < 4.78 is 6.00. The van der Waals surface area contributed by atoms with Crippen LogP contribution in [0.3, 0.4) is 0 Å². The summed E-state index contributed by atoms with van der Waals surface area (Å²) in [6.45, 7) is 7.82. The number of carbonyl (C=O) groups is 1. The number of ether oxygens (including phenoxy) is 1. The van der Waals surface area contributed by atoms with Gasteiger partial charge in [0.05, 0.1) is 12.3 Å². The van der Waals surface area contributed by atoms with Crippen molar-refractivity contribution in [2.24, 2.45) is 5.73 Å². The predicted molar refractivity (Wildman–Crippen MR) is 119 cm³/mol. The number of Topliss-reactive ketones (excluding diaryl/α,β-unsaturated/α-hetero) is 1. The second kappa shape index (κ2) is 10.3. The average molecular weight is 392 g/mol. The molecule has 0 saturated carbocycles. The summed E-state index contributed by atoms with van der Waals surface area (Å²) in [4.78, 5) is 11.4. The van der Waals surface area contributed by atoms with Crippen molar-refractivity contribution >= 4 is 11.4 Å². The van der Waals surface area contributed by atoms with Crippen LogP contribution < -0.4 is 5.73 Å². The predicted octanol–water partition coefficient (Wildman–Crippen LogP) is 5.39. The smallest absolute Gasteiger partial charge is 0.159 e. The van der Waals surface area contributed by atoms with Gasteiger partial charge in [-0.3, -0.25) is 4.79 Å². The van der Waals surface area contributed by atoms with Gasteiger partial charge >= 0.3 is 0 Å². The Morgan fingerprint density at radius 2 is 1.72 bits per heavy atom. The van der Waals surface area contributed by atoms with E-state index in [0.717, 1.165) is 22.3 Å². The van der Waals surface area contributed by atoms with Gasteiger partial charge in [-0.05, 0) is 51.0 Å². The molecule has 0 aliphatic rings. The molecular weight excluding hydrogens is 362 g/mol. The molecule has 0 heterocycles. The van der Waals surface area contributed by atoms with Gasteiger partial charge in [-0.15, -0.1) is 0 Å². The first-order chi connectivity index (χ1) is 13.8. The highest BCUT2D eigenvalue weighted by Gasteiger charge is 2.10. The van der Waals surface area contributed by atoms with E-state index in [1.54, 1.807) is 25.1 Å². The van der Waals surface area contributed by atoms with Crippen molar-refractivity contribution in [2.75, 3.05) is 6.61 Å². The number of hydrogen-bond acceptors (Lipinski definition) is 4. The van der Waals surface area contributed by atoms with Crippen LogP contribution in [0.25, 0.3) is 5.57 Å². The molecule has 0 saturated heterocycles. The zero-order valence-electron chi connectivity index (χ0n) is 17.5. The molecule has 4 nitrogen and oxygen atoms in total. The van der Waals surface area contributed by atoms with Crippen LogP contribution in [0.2, 0.25) is 0 Å². The Labute approximate surface area is 173 Å². The largest absolute Gasteiger partial charge is 0.507 e. The molecule has 0 radical (unpaired) electrons. The lowest BCUT2D eigenvalue weighted by molar-refractivity contribution is 0.101. The fraction of sp³-hybridized carbons (Fsp3) is 0.240. The molecular formula is C25H29NO3. The Bertz CT molecular complexity index is 946. The maximum atomic E-state index is 11.4. The highest BCUT2D eigenvalue weighted by atomic mass is 16.5. The number of carbonyl (C=O) groups excluding carboxylic acids is 1. The SMILES string of the molecule is C/C=C(N)\C(=C/C(=C(C)C)c1ccccc1O)OCCc1ccc(C(C)=O)cc1. The highest BCUT2D eigenvalue weighted by Crippen LogP contribution is 2.30. The summed E-state index contributed by atoms with van der Waals surface area (Å²) in [6.07, 6.45) is 4.35. The number of hydrogen-bond donors (Lipinski definition) is 2. The van der Waals surface area contributed by atoms with E-state index in [1.807, 2.05) is 63.2 Å². The van der Waals surface area contributed by atoms with E-state index < -0.39 is 0 Å². The molecule has 3 N–H and O–H groups in total. The molecule has 2 aromatic carbocycles. The van der Waals surface area contributed by atoms with E-state index in [0.29, 0.717) is 30.0 Å². The summed E-state index contributed by atoms with van der Waals surface area (Å²) in [5.41, 5.74) is 11.1. The summed E-state index contributed by atoms with van der Waals surface area (Å²) >= 11 is 0. The summed E-state index contributed by atoms with van der Waals surface area (Å²) in [5, 5.41) is 10.3. The van der Waals surface area contributed by atoms with Gasteiger partial charge in [-0.1, -0.05) is 54.1 Å². The van der Waals surface area contributed by atoms with Gasteiger partial charge in [0.25, 0.3) is 0 Å². The second-order valence-electron chi connectivity index (χ2n) is 7.04. The second-order valence-corrected chi connectivity index (χ2v) is 7.04. The minimum atomic E-state index is 0.0530. The number of aromatic hydroxyl groups is 1. The Morgan fingerprint density at radius 3 is 2.28 bits per heavy atom. The minimum absolute atomic E-state index is 0.0530. The van der Waals surface area contributed by atoms with Crippen LogP contribution in [0, 0.1) is 0 Å². The van der Waals surface area contributed by atoms with E-state index in [-0.39, 0.29) is 11.5 Å². The van der Waals surface area contributed by atoms with Crippen molar-refractivity contribution in [1.82, 2.24) is 0 Å². The molecule has 0 atom stereocenters. The molecule has 0 aliphatic heterocycles. The van der Waals surface area contributed by atoms with Gasteiger partial charge in [0.2, 0.25) is 0 Å². The van der Waals surface area contributed by atoms with E-state index in [2.05, 4.69) is 0 Å². The normalized spacial score (nSPS) is 11.9. The quantitative estimate of drug-likeness (QED) is 0.359. The number of ketones is 1. The van der Waals surface area contributed by atoms with Gasteiger partial charge in [-0.2, -0.15) is 0 Å². The molecule has 0 fully saturated rings. The van der Waals surface area contributed by atoms with Crippen molar-refractivity contribution in [3.05, 3.63) is 94.4 Å². The zero-order valence-corrected chi connectivity index (χ0v) is 17.5. The number of allylic oxidation sites excluding steroid dienone is 4. The lowest BCUT2D eigenvalue weighted by Gasteiger charge is -2.14. The van der Waals surface area contributed by atoms with Crippen LogP contribution in [0.5, 0.6) is 5.75 Å². The molecule has 0 bridgehead atoms. The number of para-hydroxylation sites is 1. The van der Waals surface area contributed by atoms with Crippen LogP contribution in [0.1, 0.15) is 49.2 Å². The molecule has 0 unspecified atom stereocenters. The van der Waals surface area contributed by atoms with E-state index in [1.165, 1.54) is 0 Å². The topological polar surface area (TPSA) is 72.6 Å². The van der Waals surface area contributed by atoms with Gasteiger partial charge in [0.1, 0.15) is 11.5 Å². The first-order valence-corrected chi connectivity index (χ1v) is 9.65. The molecule has 152 valence electrons. The van der Waals surface area contributed by atoms with E-state index in [4.69, 9.17) is 10.5 Å². The summed E-state index contributed by atoms with van der Waals surface area (Å²) in [6, 6.07) is 14.7. The first kappa shape index (κ1) is 22.0. The lowest BCUT2D eigenvalue weighted by Crippen LogP contribution is -2.08. The fourth-order valence-electron chi connectivity index (χ4n) is 2.86. The van der Waals surface area contributed by atoms with Gasteiger partial charge in [-0.25, -0.2) is 0 Å². The average Bonchev–Trinajstić information content (AvgIpc) is 2.70. The third kappa shape index (κ3) is 6.11. The third-order valence-electron chi connectivity index (χ3n) is 4.61. The fourth-order valence-corrected chi connectivity index (χ4v) is 2.86. The van der Waals surface area contributed by atoms with Gasteiger partial charge in [0.15, 0.2) is 5.78 Å². The minimum Gasteiger partial charge on any atom is -0.507 e. The highest BCUT2D eigenvalue weighted by molar-refractivity contribution is 5.94. The molecule has 29 heavy (non-hydrogen) atoms. The van der Waals surface area contributed by atoms with E-state index in [9.17, 15) is 9.90 Å². The maximum absolute atomic E-state index is 11.4. The molecule has 0 spiro atoms. The summed E-state index contributed by atoms with van der Waals surface area (Å²) in [7, 11) is 0. The number of benzene rings is 2. The van der Waals surface area contributed by atoms with Crippen molar-refractivity contribution in [3.8, 4) is 5.75 Å². The van der Waals surface area contributed by atoms with Crippen LogP contribution in [0.4, 0.5) is 0 Å². The van der Waals surface area contributed by atoms with Crippen molar-refractivity contribution in [3.63, 3.8) is 0 Å². The van der Waals surface area contributed by atoms with Crippen LogP contribution in [-0.4, -0.2) is 17.5 Å². The number of phenols is 1. The molecule has 0 amide bonds. The third-order valence-corrected chi connectivity index (χ3v) is 4.61. The molecule has 4 heteroatoms. The van der Waals surface area contributed by atoms with Crippen LogP contribution in [-0.2, 0) is 11.2 Å². The Morgan fingerprint density at radius 1 is 1.07 bits per heavy atom. The maximum Gasteiger partial charge on any atom is 0.159 e. The van der Waals surface area contributed by atoms with E-state index >= 15 is 0 Å². The van der Waals surface area contributed by atoms with Crippen LogP contribution >= 0.6 is 0 Å². The van der Waals surface area contributed by atoms with Crippen LogP contribution in [0.15, 0.2) is 77.7 Å². The van der Waals surface area contributed by atoms with Crippen molar-refractivity contribution < 1.29 is 14.6 Å². The van der Waals surface area contributed by atoms with Gasteiger partial charge < -0.3 is 15.6 Å². The summed E-state index contributed by atoms with van der Waals surface area (Å²) in [5.74, 6) is 0.827. The Kier molecular flexibility index (Phi) is 7.84. The number of phenolic OH excluding ortho intramolecular Hbond substituents is 1. The number of rotatable bonds is 8. The first-order valence-electron chi connectivity index (χ1n) is 9.65. The molecule has 2 rings (SSSR count). The van der Waals surface area contributed by atoms with Crippen molar-refractivity contribution in [2.45, 2.75) is 34.1 Å². The van der Waals surface area contributed by atoms with Crippen molar-refractivity contribution in [1.29, 1.82) is 0 Å². The number of nitrogens with two attached hydrogens (primary N) is 1. The van der Waals surface area contributed by atoms with Gasteiger partial charge in [0, 0.05) is 17.5 Å². The Balaban J connectivity index is 2.21. The monoisotopic (exact) mass is 391 g/mol.